The molecule has 0 bridgehead atoms. The average Bonchev–Trinajstić information content (AvgIpc) is 2.77. The molecule has 0 atom stereocenters. The lowest BCUT2D eigenvalue weighted by Gasteiger charge is -2.05. The third kappa shape index (κ3) is 2.30. The lowest BCUT2D eigenvalue weighted by molar-refractivity contribution is -0.141. The van der Waals surface area contributed by atoms with Crippen LogP contribution in [0.1, 0.15) is 17.0 Å². The Labute approximate surface area is 123 Å². The molecule has 0 aliphatic heterocycles. The van der Waals surface area contributed by atoms with Crippen LogP contribution in [0.4, 0.5) is 13.2 Å². The molecular formula is C14H12F3N5. The molecule has 0 fully saturated rings. The first-order valence-corrected chi connectivity index (χ1v) is 6.49. The molecule has 114 valence electrons. The molecule has 0 saturated carbocycles. The van der Waals surface area contributed by atoms with Gasteiger partial charge in [0.15, 0.2) is 17.2 Å². The Balaban J connectivity index is 2.24. The summed E-state index contributed by atoms with van der Waals surface area (Å²) in [6.07, 6.45) is -4.55. The van der Waals surface area contributed by atoms with Gasteiger partial charge in [-0.1, -0.05) is 6.07 Å². The number of halogens is 3. The van der Waals surface area contributed by atoms with E-state index in [0.29, 0.717) is 11.5 Å². The minimum atomic E-state index is -4.55. The maximum atomic E-state index is 12.7. The Morgan fingerprint density at radius 3 is 2.45 bits per heavy atom. The summed E-state index contributed by atoms with van der Waals surface area (Å²) < 4.78 is 39.7. The van der Waals surface area contributed by atoms with Crippen LogP contribution in [-0.2, 0) is 13.2 Å². The van der Waals surface area contributed by atoms with Gasteiger partial charge in [0.05, 0.1) is 0 Å². The summed E-state index contributed by atoms with van der Waals surface area (Å²) in [6, 6.07) is 4.66. The zero-order chi connectivity index (χ0) is 16.1. The van der Waals surface area contributed by atoms with Crippen molar-refractivity contribution in [1.29, 1.82) is 0 Å². The van der Waals surface area contributed by atoms with E-state index in [-0.39, 0.29) is 11.2 Å². The first kappa shape index (κ1) is 14.4. The lowest BCUT2D eigenvalue weighted by atomic mass is 10.2. The number of aromatic nitrogens is 5. The van der Waals surface area contributed by atoms with E-state index in [9.17, 15) is 13.2 Å². The third-order valence-electron chi connectivity index (χ3n) is 3.36. The predicted octanol–water partition coefficient (Wildman–Crippen LogP) is 3.06. The van der Waals surface area contributed by atoms with Crippen LogP contribution in [0.2, 0.25) is 0 Å². The van der Waals surface area contributed by atoms with Gasteiger partial charge in [0.25, 0.3) is 0 Å². The maximum absolute atomic E-state index is 12.7. The topological polar surface area (TPSA) is 56.5 Å². The van der Waals surface area contributed by atoms with E-state index in [4.69, 9.17) is 0 Å². The second-order valence-electron chi connectivity index (χ2n) is 5.05. The molecule has 8 heteroatoms. The molecular weight excluding hydrogens is 295 g/mol. The van der Waals surface area contributed by atoms with Gasteiger partial charge < -0.3 is 4.57 Å². The molecule has 0 amide bonds. The second-order valence-corrected chi connectivity index (χ2v) is 5.05. The van der Waals surface area contributed by atoms with Crippen molar-refractivity contribution in [2.45, 2.75) is 20.0 Å². The van der Waals surface area contributed by atoms with Gasteiger partial charge in [0, 0.05) is 18.8 Å². The number of imidazole rings is 1. The summed E-state index contributed by atoms with van der Waals surface area (Å²) >= 11 is 0. The van der Waals surface area contributed by atoms with Gasteiger partial charge in [-0.25, -0.2) is 9.97 Å². The van der Waals surface area contributed by atoms with E-state index in [1.54, 1.807) is 11.6 Å². The van der Waals surface area contributed by atoms with Crippen LogP contribution >= 0.6 is 0 Å². The van der Waals surface area contributed by atoms with E-state index in [0.717, 1.165) is 17.3 Å². The summed E-state index contributed by atoms with van der Waals surface area (Å²) in [6.45, 7) is 3.71. The fraction of sp³-hybridized carbons (Fsp3) is 0.286. The van der Waals surface area contributed by atoms with Crippen molar-refractivity contribution in [2.75, 3.05) is 0 Å². The highest BCUT2D eigenvalue weighted by molar-refractivity contribution is 5.76. The van der Waals surface area contributed by atoms with Crippen LogP contribution in [0.25, 0.3) is 22.7 Å². The normalized spacial score (nSPS) is 12.1. The van der Waals surface area contributed by atoms with E-state index >= 15 is 0 Å². The minimum Gasteiger partial charge on any atom is -0.309 e. The third-order valence-corrected chi connectivity index (χ3v) is 3.36. The van der Waals surface area contributed by atoms with Crippen molar-refractivity contribution in [3.05, 3.63) is 35.2 Å². The van der Waals surface area contributed by atoms with E-state index in [2.05, 4.69) is 20.2 Å². The molecule has 0 unspecified atom stereocenters. The molecule has 22 heavy (non-hydrogen) atoms. The van der Waals surface area contributed by atoms with Crippen LogP contribution in [0.15, 0.2) is 18.2 Å². The molecule has 3 aromatic heterocycles. The largest absolute Gasteiger partial charge is 0.435 e. The molecule has 0 saturated heterocycles. The number of aryl methyl sites for hydroxylation is 3. The van der Waals surface area contributed by atoms with Crippen LogP contribution < -0.4 is 0 Å². The number of rotatable bonds is 1. The second kappa shape index (κ2) is 4.75. The standard InChI is InChI=1S/C14H12F3N5/c1-7-4-5-8(2)18-11(7)13-19-9-6-10(14(15,16)17)20-21-12(9)22(13)3/h4-6H,1-3H3. The van der Waals surface area contributed by atoms with Gasteiger partial charge in [0.1, 0.15) is 11.2 Å². The van der Waals surface area contributed by atoms with Crippen LogP contribution in [-0.4, -0.2) is 24.7 Å². The molecule has 0 aliphatic rings. The van der Waals surface area contributed by atoms with Crippen molar-refractivity contribution < 1.29 is 13.2 Å². The Kier molecular flexibility index (Phi) is 3.12. The summed E-state index contributed by atoms with van der Waals surface area (Å²) in [5, 5.41) is 6.88. The quantitative estimate of drug-likeness (QED) is 0.693. The van der Waals surface area contributed by atoms with Crippen molar-refractivity contribution in [3.8, 4) is 11.5 Å². The Morgan fingerprint density at radius 2 is 1.77 bits per heavy atom. The summed E-state index contributed by atoms with van der Waals surface area (Å²) in [7, 11) is 1.68. The molecule has 3 aromatic rings. The number of alkyl halides is 3. The molecule has 0 radical (unpaired) electrons. The maximum Gasteiger partial charge on any atom is 0.435 e. The first-order chi connectivity index (χ1) is 10.3. The number of hydrogen-bond acceptors (Lipinski definition) is 4. The number of nitrogens with zero attached hydrogens (tertiary/aromatic N) is 5. The van der Waals surface area contributed by atoms with Crippen molar-refractivity contribution in [1.82, 2.24) is 24.7 Å². The Hall–Kier alpha value is -2.51. The zero-order valence-electron chi connectivity index (χ0n) is 12.1. The summed E-state index contributed by atoms with van der Waals surface area (Å²) in [5.74, 6) is 0.463. The van der Waals surface area contributed by atoms with E-state index in [1.165, 1.54) is 0 Å². The van der Waals surface area contributed by atoms with Crippen molar-refractivity contribution >= 4 is 11.2 Å². The average molecular weight is 307 g/mol. The van der Waals surface area contributed by atoms with Crippen molar-refractivity contribution in [3.63, 3.8) is 0 Å². The van der Waals surface area contributed by atoms with Gasteiger partial charge in [0.2, 0.25) is 0 Å². The number of hydrogen-bond donors (Lipinski definition) is 0. The van der Waals surface area contributed by atoms with Gasteiger partial charge in [-0.05, 0) is 25.5 Å². The highest BCUT2D eigenvalue weighted by atomic mass is 19.4. The van der Waals surface area contributed by atoms with E-state index in [1.807, 2.05) is 26.0 Å². The Bertz CT molecular complexity index is 867. The van der Waals surface area contributed by atoms with Gasteiger partial charge in [-0.15, -0.1) is 10.2 Å². The summed E-state index contributed by atoms with van der Waals surface area (Å²) in [4.78, 5) is 8.67. The fourth-order valence-electron chi connectivity index (χ4n) is 2.19. The molecule has 3 heterocycles. The number of pyridine rings is 1. The van der Waals surface area contributed by atoms with Crippen molar-refractivity contribution in [2.24, 2.45) is 7.05 Å². The summed E-state index contributed by atoms with van der Waals surface area (Å²) in [5.41, 5.74) is 1.67. The lowest BCUT2D eigenvalue weighted by Crippen LogP contribution is -2.09. The highest BCUT2D eigenvalue weighted by Gasteiger charge is 2.34. The Morgan fingerprint density at radius 1 is 1.05 bits per heavy atom. The van der Waals surface area contributed by atoms with Crippen LogP contribution in [0.5, 0.6) is 0 Å². The highest BCUT2D eigenvalue weighted by Crippen LogP contribution is 2.30. The van der Waals surface area contributed by atoms with Crippen LogP contribution in [0.3, 0.4) is 0 Å². The SMILES string of the molecule is Cc1ccc(C)c(-c2nc3cc(C(F)(F)F)nnc3n2C)n1. The predicted molar refractivity (Wildman–Crippen MR) is 74.0 cm³/mol. The minimum absolute atomic E-state index is 0.141. The van der Waals surface area contributed by atoms with Gasteiger partial charge in [-0.3, -0.25) is 0 Å². The molecule has 3 rings (SSSR count). The zero-order valence-corrected chi connectivity index (χ0v) is 12.1. The first-order valence-electron chi connectivity index (χ1n) is 6.49. The molecule has 0 spiro atoms. The van der Waals surface area contributed by atoms with E-state index < -0.39 is 11.9 Å². The molecule has 0 aromatic carbocycles. The smallest absolute Gasteiger partial charge is 0.309 e. The molecule has 0 aliphatic carbocycles. The number of fused-ring (bicyclic) bond motifs is 1. The van der Waals surface area contributed by atoms with Gasteiger partial charge in [-0.2, -0.15) is 13.2 Å². The fourth-order valence-corrected chi connectivity index (χ4v) is 2.19. The van der Waals surface area contributed by atoms with Crippen LogP contribution in [0, 0.1) is 13.8 Å². The van der Waals surface area contributed by atoms with Gasteiger partial charge >= 0.3 is 6.18 Å². The molecule has 5 nitrogen and oxygen atoms in total. The molecule has 0 N–H and O–H groups in total. The monoisotopic (exact) mass is 307 g/mol.